The second kappa shape index (κ2) is 7.51. The Labute approximate surface area is 170 Å². The van der Waals surface area contributed by atoms with Crippen LogP contribution in [0.5, 0.6) is 5.75 Å². The molecule has 0 N–H and O–H groups in total. The van der Waals surface area contributed by atoms with E-state index in [1.165, 1.54) is 31.4 Å². The van der Waals surface area contributed by atoms with E-state index < -0.39 is 12.3 Å². The first-order valence-corrected chi connectivity index (χ1v) is 9.36. The lowest BCUT2D eigenvalue weighted by Crippen LogP contribution is -2.17. The van der Waals surface area contributed by atoms with E-state index in [2.05, 4.69) is 4.74 Å². The minimum absolute atomic E-state index is 0.0677. The van der Waals surface area contributed by atoms with E-state index in [0.717, 1.165) is 17.4 Å². The van der Waals surface area contributed by atoms with Gasteiger partial charge in [0.15, 0.2) is 0 Å². The van der Waals surface area contributed by atoms with E-state index in [9.17, 15) is 22.8 Å². The Kier molecular flexibility index (Phi) is 5.01. The van der Waals surface area contributed by atoms with Crippen LogP contribution in [0.15, 0.2) is 48.7 Å². The van der Waals surface area contributed by atoms with Crippen molar-refractivity contribution in [2.24, 2.45) is 0 Å². The highest BCUT2D eigenvalue weighted by molar-refractivity contribution is 5.96. The molecular weight excluding hydrogens is 399 g/mol. The fourth-order valence-electron chi connectivity index (χ4n) is 3.93. The molecule has 1 fully saturated rings. The molecular formula is C22H18F3NO4. The molecule has 0 saturated heterocycles. The molecule has 0 spiro atoms. The van der Waals surface area contributed by atoms with Gasteiger partial charge in [-0.1, -0.05) is 6.07 Å². The van der Waals surface area contributed by atoms with Crippen molar-refractivity contribution >= 4 is 22.7 Å². The average molecular weight is 417 g/mol. The molecule has 8 heteroatoms. The number of benzene rings is 2. The monoisotopic (exact) mass is 417 g/mol. The number of fused-ring (bicyclic) bond motifs is 1. The van der Waals surface area contributed by atoms with E-state index in [1.54, 1.807) is 16.7 Å². The van der Waals surface area contributed by atoms with Crippen molar-refractivity contribution in [3.63, 3.8) is 0 Å². The van der Waals surface area contributed by atoms with Crippen LogP contribution >= 0.6 is 0 Å². The molecule has 30 heavy (non-hydrogen) atoms. The van der Waals surface area contributed by atoms with Crippen LogP contribution in [0.4, 0.5) is 13.2 Å². The summed E-state index contributed by atoms with van der Waals surface area (Å²) in [6.07, 6.45) is -1.15. The maximum atomic E-state index is 12.4. The number of carbonyl (C=O) groups excluding carboxylic acids is 2. The van der Waals surface area contributed by atoms with Gasteiger partial charge in [0.1, 0.15) is 11.5 Å². The van der Waals surface area contributed by atoms with Crippen molar-refractivity contribution in [3.8, 4) is 11.4 Å². The van der Waals surface area contributed by atoms with Gasteiger partial charge in [-0.05, 0) is 54.3 Å². The molecule has 0 bridgehead atoms. The van der Waals surface area contributed by atoms with Crippen LogP contribution in [0.25, 0.3) is 16.6 Å². The van der Waals surface area contributed by atoms with E-state index in [4.69, 9.17) is 4.74 Å². The molecule has 156 valence electrons. The number of rotatable bonds is 4. The lowest BCUT2D eigenvalue weighted by atomic mass is 9.97. The summed E-state index contributed by atoms with van der Waals surface area (Å²) in [6, 6.07) is 10.6. The van der Waals surface area contributed by atoms with Gasteiger partial charge in [-0.3, -0.25) is 4.79 Å². The van der Waals surface area contributed by atoms with Crippen LogP contribution in [0, 0.1) is 0 Å². The Balaban J connectivity index is 1.81. The molecule has 1 atom stereocenters. The third-order valence-electron chi connectivity index (χ3n) is 5.29. The van der Waals surface area contributed by atoms with Gasteiger partial charge in [0.05, 0.1) is 18.2 Å². The second-order valence-electron chi connectivity index (χ2n) is 7.20. The van der Waals surface area contributed by atoms with Crippen LogP contribution in [-0.2, 0) is 9.53 Å². The number of hydrogen-bond donors (Lipinski definition) is 0. The van der Waals surface area contributed by atoms with Crippen LogP contribution in [0.1, 0.15) is 41.1 Å². The zero-order valence-corrected chi connectivity index (χ0v) is 16.0. The zero-order valence-electron chi connectivity index (χ0n) is 16.0. The summed E-state index contributed by atoms with van der Waals surface area (Å²) in [5.74, 6) is -0.533. The highest BCUT2D eigenvalue weighted by Gasteiger charge is 2.31. The summed E-state index contributed by atoms with van der Waals surface area (Å²) in [6.45, 7) is 0. The topological polar surface area (TPSA) is 57.5 Å². The van der Waals surface area contributed by atoms with Crippen LogP contribution in [0.2, 0.25) is 0 Å². The number of esters is 1. The van der Waals surface area contributed by atoms with Gasteiger partial charge in [-0.25, -0.2) is 4.79 Å². The van der Waals surface area contributed by atoms with Gasteiger partial charge < -0.3 is 14.0 Å². The highest BCUT2D eigenvalue weighted by atomic mass is 19.4. The van der Waals surface area contributed by atoms with Crippen LogP contribution < -0.4 is 4.74 Å². The lowest BCUT2D eigenvalue weighted by Gasteiger charge is -2.10. The summed E-state index contributed by atoms with van der Waals surface area (Å²) >= 11 is 0. The standard InChI is InChI=1S/C22H18F3NO4/c1-29-21(28)14-3-9-18-19(13-2-6-16(27)10-13)12-26(20(18)11-14)15-4-7-17(8-5-15)30-22(23,24)25/h3-5,7-9,11-13H,2,6,10H2,1H3. The maximum Gasteiger partial charge on any atom is 0.573 e. The second-order valence-corrected chi connectivity index (χ2v) is 7.20. The fourth-order valence-corrected chi connectivity index (χ4v) is 3.93. The number of nitrogens with zero attached hydrogens (tertiary/aromatic N) is 1. The number of alkyl halides is 3. The third kappa shape index (κ3) is 3.90. The molecule has 1 aliphatic carbocycles. The Hall–Kier alpha value is -3.29. The Bertz CT molecular complexity index is 1120. The molecule has 1 saturated carbocycles. The number of methoxy groups -OCH3 is 1. The maximum absolute atomic E-state index is 12.4. The molecule has 0 radical (unpaired) electrons. The summed E-state index contributed by atoms with van der Waals surface area (Å²) in [5.41, 5.74) is 2.64. The molecule has 0 amide bonds. The molecule has 5 nitrogen and oxygen atoms in total. The normalized spacial score (nSPS) is 16.8. The first-order valence-electron chi connectivity index (χ1n) is 9.36. The molecule has 1 heterocycles. The van der Waals surface area contributed by atoms with Crippen LogP contribution in [-0.4, -0.2) is 29.8 Å². The molecule has 1 aromatic heterocycles. The predicted molar refractivity (Wildman–Crippen MR) is 103 cm³/mol. The van der Waals surface area contributed by atoms with Crippen molar-refractivity contribution < 1.29 is 32.2 Å². The van der Waals surface area contributed by atoms with Crippen molar-refractivity contribution in [1.29, 1.82) is 0 Å². The highest BCUT2D eigenvalue weighted by Crippen LogP contribution is 2.38. The first kappa shape index (κ1) is 20.0. The predicted octanol–water partition coefficient (Wildman–Crippen LogP) is 5.15. The Morgan fingerprint density at radius 3 is 2.47 bits per heavy atom. The van der Waals surface area contributed by atoms with Gasteiger partial charge in [-0.2, -0.15) is 0 Å². The molecule has 2 aromatic carbocycles. The average Bonchev–Trinajstić information content (AvgIpc) is 3.30. The van der Waals surface area contributed by atoms with Crippen molar-refractivity contribution in [3.05, 3.63) is 59.8 Å². The number of ketones is 1. The minimum Gasteiger partial charge on any atom is -0.465 e. The Morgan fingerprint density at radius 2 is 1.87 bits per heavy atom. The lowest BCUT2D eigenvalue weighted by molar-refractivity contribution is -0.274. The smallest absolute Gasteiger partial charge is 0.465 e. The summed E-state index contributed by atoms with van der Waals surface area (Å²) in [5, 5.41) is 0.887. The van der Waals surface area contributed by atoms with Gasteiger partial charge >= 0.3 is 12.3 Å². The Morgan fingerprint density at radius 1 is 1.13 bits per heavy atom. The molecule has 3 aromatic rings. The van der Waals surface area contributed by atoms with Crippen LogP contribution in [0.3, 0.4) is 0 Å². The third-order valence-corrected chi connectivity index (χ3v) is 5.29. The number of ether oxygens (including phenoxy) is 2. The molecule has 1 aliphatic rings. The largest absolute Gasteiger partial charge is 0.573 e. The number of Topliss-reactive ketones (excluding diaryl/α,β-unsaturated/α-hetero) is 1. The quantitative estimate of drug-likeness (QED) is 0.551. The van der Waals surface area contributed by atoms with E-state index in [-0.39, 0.29) is 17.5 Å². The van der Waals surface area contributed by atoms with Gasteiger partial charge in [0.2, 0.25) is 0 Å². The zero-order chi connectivity index (χ0) is 21.5. The van der Waals surface area contributed by atoms with E-state index >= 15 is 0 Å². The molecule has 0 aliphatic heterocycles. The number of aromatic nitrogens is 1. The van der Waals surface area contributed by atoms with Gasteiger partial charge in [-0.15, -0.1) is 13.2 Å². The van der Waals surface area contributed by atoms with E-state index in [1.807, 2.05) is 12.3 Å². The fraction of sp³-hybridized carbons (Fsp3) is 0.273. The first-order chi connectivity index (χ1) is 14.2. The number of halogens is 3. The van der Waals surface area contributed by atoms with Gasteiger partial charge in [0.25, 0.3) is 0 Å². The summed E-state index contributed by atoms with van der Waals surface area (Å²) in [7, 11) is 1.29. The molecule has 4 rings (SSSR count). The summed E-state index contributed by atoms with van der Waals surface area (Å²) in [4.78, 5) is 23.8. The van der Waals surface area contributed by atoms with E-state index in [0.29, 0.717) is 29.6 Å². The number of hydrogen-bond acceptors (Lipinski definition) is 4. The molecule has 1 unspecified atom stereocenters. The van der Waals surface area contributed by atoms with Gasteiger partial charge in [0, 0.05) is 30.1 Å². The van der Waals surface area contributed by atoms with Crippen molar-refractivity contribution in [1.82, 2.24) is 4.57 Å². The number of carbonyl (C=O) groups is 2. The SMILES string of the molecule is COC(=O)c1ccc2c(C3CCC(=O)C3)cn(-c3ccc(OC(F)(F)F)cc3)c2c1. The van der Waals surface area contributed by atoms with Crippen molar-refractivity contribution in [2.45, 2.75) is 31.5 Å². The minimum atomic E-state index is -4.76. The van der Waals surface area contributed by atoms with Crippen molar-refractivity contribution in [2.75, 3.05) is 7.11 Å². The summed E-state index contributed by atoms with van der Waals surface area (Å²) < 4.78 is 47.8.